The molecular formula is C15H24N2O. The average molecular weight is 248 g/mol. The second kappa shape index (κ2) is 5.53. The van der Waals surface area contributed by atoms with Gasteiger partial charge in [0.05, 0.1) is 0 Å². The maximum Gasteiger partial charge on any atom is 0.227 e. The SMILES string of the molecule is CC(C)C(C)C(=O)Nc1ccc(C(C)(C)N)cc1. The van der Waals surface area contributed by atoms with Crippen LogP contribution in [0.1, 0.15) is 40.2 Å². The normalized spacial score (nSPS) is 13.5. The van der Waals surface area contributed by atoms with Crippen molar-refractivity contribution in [2.75, 3.05) is 5.32 Å². The van der Waals surface area contributed by atoms with Crippen LogP contribution in [0.25, 0.3) is 0 Å². The number of nitrogens with two attached hydrogens (primary N) is 1. The van der Waals surface area contributed by atoms with E-state index in [9.17, 15) is 4.79 Å². The highest BCUT2D eigenvalue weighted by molar-refractivity contribution is 5.92. The Kier molecular flexibility index (Phi) is 4.52. The number of anilines is 1. The standard InChI is InChI=1S/C15H24N2O/c1-10(2)11(3)14(18)17-13-8-6-12(7-9-13)15(4,5)16/h6-11H,16H2,1-5H3,(H,17,18). The molecule has 18 heavy (non-hydrogen) atoms. The Morgan fingerprint density at radius 2 is 1.67 bits per heavy atom. The molecule has 1 aromatic carbocycles. The van der Waals surface area contributed by atoms with Crippen LogP contribution >= 0.6 is 0 Å². The first-order valence-corrected chi connectivity index (χ1v) is 6.42. The number of benzene rings is 1. The zero-order valence-corrected chi connectivity index (χ0v) is 11.9. The Balaban J connectivity index is 2.73. The average Bonchev–Trinajstić information content (AvgIpc) is 2.27. The molecule has 3 heteroatoms. The maximum atomic E-state index is 11.9. The number of nitrogens with one attached hydrogen (secondary N) is 1. The fourth-order valence-electron chi connectivity index (χ4n) is 1.54. The zero-order valence-electron chi connectivity index (χ0n) is 11.9. The summed E-state index contributed by atoms with van der Waals surface area (Å²) in [4.78, 5) is 11.9. The first-order chi connectivity index (χ1) is 8.21. The van der Waals surface area contributed by atoms with Crippen LogP contribution in [0.2, 0.25) is 0 Å². The third-order valence-corrected chi connectivity index (χ3v) is 3.31. The van der Waals surface area contributed by atoms with Gasteiger partial charge in [-0.15, -0.1) is 0 Å². The molecule has 100 valence electrons. The van der Waals surface area contributed by atoms with Gasteiger partial charge in [0.2, 0.25) is 5.91 Å². The molecular weight excluding hydrogens is 224 g/mol. The van der Waals surface area contributed by atoms with Crippen LogP contribution in [0, 0.1) is 11.8 Å². The predicted molar refractivity (Wildman–Crippen MR) is 76.3 cm³/mol. The summed E-state index contributed by atoms with van der Waals surface area (Å²) in [5.41, 5.74) is 7.53. The molecule has 0 aliphatic carbocycles. The van der Waals surface area contributed by atoms with Crippen molar-refractivity contribution < 1.29 is 4.79 Å². The molecule has 3 N–H and O–H groups in total. The molecule has 0 bridgehead atoms. The summed E-state index contributed by atoms with van der Waals surface area (Å²) < 4.78 is 0. The van der Waals surface area contributed by atoms with E-state index in [-0.39, 0.29) is 17.4 Å². The van der Waals surface area contributed by atoms with Gasteiger partial charge in [0.15, 0.2) is 0 Å². The van der Waals surface area contributed by atoms with Gasteiger partial charge in [-0.05, 0) is 37.5 Å². The highest BCUT2D eigenvalue weighted by atomic mass is 16.1. The van der Waals surface area contributed by atoms with Gasteiger partial charge in [0, 0.05) is 17.1 Å². The lowest BCUT2D eigenvalue weighted by Crippen LogP contribution is -2.28. The third-order valence-electron chi connectivity index (χ3n) is 3.31. The molecule has 0 fully saturated rings. The molecule has 0 saturated carbocycles. The van der Waals surface area contributed by atoms with Crippen LogP contribution in [-0.2, 0) is 10.3 Å². The molecule has 1 aromatic rings. The van der Waals surface area contributed by atoms with Gasteiger partial charge in [-0.3, -0.25) is 4.79 Å². The predicted octanol–water partition coefficient (Wildman–Crippen LogP) is 3.11. The summed E-state index contributed by atoms with van der Waals surface area (Å²) in [5.74, 6) is 0.410. The Bertz CT molecular complexity index is 401. The van der Waals surface area contributed by atoms with E-state index >= 15 is 0 Å². The van der Waals surface area contributed by atoms with Crippen LogP contribution < -0.4 is 11.1 Å². The van der Waals surface area contributed by atoms with Gasteiger partial charge in [-0.1, -0.05) is 32.9 Å². The Morgan fingerprint density at radius 1 is 1.17 bits per heavy atom. The number of carbonyl (C=O) groups is 1. The Labute approximate surface area is 110 Å². The van der Waals surface area contributed by atoms with E-state index in [0.29, 0.717) is 5.92 Å². The number of hydrogen-bond donors (Lipinski definition) is 2. The second-order valence-electron chi connectivity index (χ2n) is 5.82. The molecule has 1 rings (SSSR count). The summed E-state index contributed by atoms with van der Waals surface area (Å²) in [6.45, 7) is 9.95. The fourth-order valence-corrected chi connectivity index (χ4v) is 1.54. The molecule has 1 atom stereocenters. The van der Waals surface area contributed by atoms with Crippen LogP contribution in [0.3, 0.4) is 0 Å². The number of carbonyl (C=O) groups excluding carboxylic acids is 1. The molecule has 0 aliphatic rings. The van der Waals surface area contributed by atoms with E-state index in [0.717, 1.165) is 11.3 Å². The van der Waals surface area contributed by atoms with Gasteiger partial charge in [-0.25, -0.2) is 0 Å². The van der Waals surface area contributed by atoms with Gasteiger partial charge in [-0.2, -0.15) is 0 Å². The molecule has 0 aliphatic heterocycles. The number of amides is 1. The highest BCUT2D eigenvalue weighted by Gasteiger charge is 2.17. The fraction of sp³-hybridized carbons (Fsp3) is 0.533. The monoisotopic (exact) mass is 248 g/mol. The van der Waals surface area contributed by atoms with E-state index in [1.54, 1.807) is 0 Å². The number of hydrogen-bond acceptors (Lipinski definition) is 2. The van der Waals surface area contributed by atoms with Crippen LogP contribution in [0.4, 0.5) is 5.69 Å². The van der Waals surface area contributed by atoms with Crippen molar-refractivity contribution in [2.45, 2.75) is 40.2 Å². The van der Waals surface area contributed by atoms with Gasteiger partial charge >= 0.3 is 0 Å². The summed E-state index contributed by atoms with van der Waals surface area (Å²) >= 11 is 0. The summed E-state index contributed by atoms with van der Waals surface area (Å²) in [6.07, 6.45) is 0. The van der Waals surface area contributed by atoms with E-state index < -0.39 is 0 Å². The molecule has 0 saturated heterocycles. The molecule has 3 nitrogen and oxygen atoms in total. The van der Waals surface area contributed by atoms with E-state index in [1.165, 1.54) is 0 Å². The third kappa shape index (κ3) is 3.84. The van der Waals surface area contributed by atoms with Crippen molar-refractivity contribution in [3.05, 3.63) is 29.8 Å². The highest BCUT2D eigenvalue weighted by Crippen LogP contribution is 2.20. The lowest BCUT2D eigenvalue weighted by atomic mass is 9.95. The molecule has 0 aromatic heterocycles. The summed E-state index contributed by atoms with van der Waals surface area (Å²) in [7, 11) is 0. The van der Waals surface area contributed by atoms with E-state index in [4.69, 9.17) is 5.73 Å². The Hall–Kier alpha value is -1.35. The van der Waals surface area contributed by atoms with Crippen molar-refractivity contribution >= 4 is 11.6 Å². The Morgan fingerprint density at radius 3 is 2.06 bits per heavy atom. The molecule has 1 amide bonds. The lowest BCUT2D eigenvalue weighted by Gasteiger charge is -2.20. The van der Waals surface area contributed by atoms with Crippen LogP contribution in [-0.4, -0.2) is 5.91 Å². The lowest BCUT2D eigenvalue weighted by molar-refractivity contribution is -0.120. The van der Waals surface area contributed by atoms with Crippen LogP contribution in [0.5, 0.6) is 0 Å². The molecule has 0 heterocycles. The molecule has 0 spiro atoms. The van der Waals surface area contributed by atoms with Crippen molar-refractivity contribution in [1.29, 1.82) is 0 Å². The maximum absolute atomic E-state index is 11.9. The van der Waals surface area contributed by atoms with Crippen LogP contribution in [0.15, 0.2) is 24.3 Å². The quantitative estimate of drug-likeness (QED) is 0.860. The summed E-state index contributed by atoms with van der Waals surface area (Å²) in [5, 5.41) is 2.92. The van der Waals surface area contributed by atoms with E-state index in [1.807, 2.05) is 58.9 Å². The van der Waals surface area contributed by atoms with Gasteiger partial charge in [0.1, 0.15) is 0 Å². The van der Waals surface area contributed by atoms with Crippen molar-refractivity contribution in [3.63, 3.8) is 0 Å². The first kappa shape index (κ1) is 14.7. The van der Waals surface area contributed by atoms with Crippen molar-refractivity contribution in [1.82, 2.24) is 0 Å². The minimum atomic E-state index is -0.353. The minimum Gasteiger partial charge on any atom is -0.326 e. The number of rotatable bonds is 4. The topological polar surface area (TPSA) is 55.1 Å². The van der Waals surface area contributed by atoms with Crippen molar-refractivity contribution in [3.8, 4) is 0 Å². The second-order valence-corrected chi connectivity index (χ2v) is 5.82. The van der Waals surface area contributed by atoms with Crippen molar-refractivity contribution in [2.24, 2.45) is 17.6 Å². The largest absolute Gasteiger partial charge is 0.326 e. The zero-order chi connectivity index (χ0) is 13.9. The molecule has 1 unspecified atom stereocenters. The smallest absolute Gasteiger partial charge is 0.227 e. The molecule has 0 radical (unpaired) electrons. The van der Waals surface area contributed by atoms with Gasteiger partial charge < -0.3 is 11.1 Å². The minimum absolute atomic E-state index is 0.00984. The van der Waals surface area contributed by atoms with E-state index in [2.05, 4.69) is 5.32 Å². The van der Waals surface area contributed by atoms with Gasteiger partial charge in [0.25, 0.3) is 0 Å². The first-order valence-electron chi connectivity index (χ1n) is 6.42. The summed E-state index contributed by atoms with van der Waals surface area (Å²) in [6, 6.07) is 7.70.